The molecule has 1 aliphatic rings. The monoisotopic (exact) mass is 413 g/mol. The third kappa shape index (κ3) is 4.38. The topological polar surface area (TPSA) is 60.6 Å². The van der Waals surface area contributed by atoms with Gasteiger partial charge >= 0.3 is 0 Å². The lowest BCUT2D eigenvalue weighted by atomic mass is 10.1. The summed E-state index contributed by atoms with van der Waals surface area (Å²) in [7, 11) is 3.22. The fourth-order valence-corrected chi connectivity index (χ4v) is 3.62. The number of ether oxygens (including phenoxy) is 2. The lowest BCUT2D eigenvalue weighted by Crippen LogP contribution is -2.29. The van der Waals surface area contributed by atoms with E-state index in [1.807, 2.05) is 30.3 Å². The van der Waals surface area contributed by atoms with Crippen LogP contribution in [0.4, 0.5) is 0 Å². The van der Waals surface area contributed by atoms with Crippen LogP contribution in [0.5, 0.6) is 11.5 Å². The number of aromatic nitrogens is 2. The van der Waals surface area contributed by atoms with Gasteiger partial charge in [0, 0.05) is 22.7 Å². The first-order valence-electron chi connectivity index (χ1n) is 9.65. The van der Waals surface area contributed by atoms with Crippen LogP contribution in [0.3, 0.4) is 0 Å². The SMILES string of the molecule is COc1ccc(-c2noc(CN(C3CC3)C(C)c3ccc(Cl)cc3)n2)cc1OC. The third-order valence-corrected chi connectivity index (χ3v) is 5.55. The molecule has 1 fully saturated rings. The van der Waals surface area contributed by atoms with Crippen molar-refractivity contribution >= 4 is 11.6 Å². The van der Waals surface area contributed by atoms with Gasteiger partial charge in [0.05, 0.1) is 20.8 Å². The number of benzene rings is 2. The van der Waals surface area contributed by atoms with Crippen molar-refractivity contribution in [3.05, 3.63) is 58.9 Å². The molecule has 1 unspecified atom stereocenters. The van der Waals surface area contributed by atoms with Gasteiger partial charge in [0.2, 0.25) is 11.7 Å². The molecule has 29 heavy (non-hydrogen) atoms. The number of halogens is 1. The number of rotatable bonds is 8. The fourth-order valence-electron chi connectivity index (χ4n) is 3.49. The second-order valence-electron chi connectivity index (χ2n) is 7.21. The van der Waals surface area contributed by atoms with Crippen LogP contribution in [0.15, 0.2) is 47.0 Å². The van der Waals surface area contributed by atoms with E-state index in [0.29, 0.717) is 35.8 Å². The van der Waals surface area contributed by atoms with Crippen molar-refractivity contribution in [1.29, 1.82) is 0 Å². The van der Waals surface area contributed by atoms with E-state index in [0.717, 1.165) is 10.6 Å². The van der Waals surface area contributed by atoms with E-state index in [1.165, 1.54) is 18.4 Å². The van der Waals surface area contributed by atoms with E-state index < -0.39 is 0 Å². The molecule has 1 saturated carbocycles. The quantitative estimate of drug-likeness (QED) is 0.510. The molecule has 4 rings (SSSR count). The largest absolute Gasteiger partial charge is 0.493 e. The summed E-state index contributed by atoms with van der Waals surface area (Å²) >= 11 is 6.04. The van der Waals surface area contributed by atoms with Gasteiger partial charge in [-0.25, -0.2) is 0 Å². The number of methoxy groups -OCH3 is 2. The number of nitrogens with zero attached hydrogens (tertiary/aromatic N) is 3. The summed E-state index contributed by atoms with van der Waals surface area (Å²) < 4.78 is 16.2. The van der Waals surface area contributed by atoms with Gasteiger partial charge in [-0.15, -0.1) is 0 Å². The zero-order valence-corrected chi connectivity index (χ0v) is 17.5. The molecule has 1 atom stereocenters. The van der Waals surface area contributed by atoms with Gasteiger partial charge in [-0.1, -0.05) is 28.9 Å². The highest BCUT2D eigenvalue weighted by Gasteiger charge is 2.34. The Morgan fingerprint density at radius 3 is 2.48 bits per heavy atom. The van der Waals surface area contributed by atoms with Crippen molar-refractivity contribution in [2.24, 2.45) is 0 Å². The molecule has 1 aromatic heterocycles. The average Bonchev–Trinajstić information content (AvgIpc) is 3.49. The first-order chi connectivity index (χ1) is 14.1. The zero-order valence-electron chi connectivity index (χ0n) is 16.8. The molecule has 0 radical (unpaired) electrons. The first kappa shape index (κ1) is 19.7. The third-order valence-electron chi connectivity index (χ3n) is 5.29. The molecule has 0 bridgehead atoms. The Kier molecular flexibility index (Phi) is 5.74. The molecular weight excluding hydrogens is 390 g/mol. The maximum atomic E-state index is 6.04. The highest BCUT2D eigenvalue weighted by Crippen LogP contribution is 2.36. The normalized spacial score (nSPS) is 14.8. The van der Waals surface area contributed by atoms with E-state index in [2.05, 4.69) is 34.1 Å². The Labute approximate surface area is 175 Å². The molecule has 6 nitrogen and oxygen atoms in total. The lowest BCUT2D eigenvalue weighted by Gasteiger charge is -2.28. The maximum Gasteiger partial charge on any atom is 0.241 e. The van der Waals surface area contributed by atoms with Crippen molar-refractivity contribution in [3.63, 3.8) is 0 Å². The summed E-state index contributed by atoms with van der Waals surface area (Å²) in [6.07, 6.45) is 2.38. The summed E-state index contributed by atoms with van der Waals surface area (Å²) in [5.74, 6) is 2.43. The summed E-state index contributed by atoms with van der Waals surface area (Å²) in [5, 5.41) is 4.91. The van der Waals surface area contributed by atoms with Crippen molar-refractivity contribution in [1.82, 2.24) is 15.0 Å². The second kappa shape index (κ2) is 8.43. The highest BCUT2D eigenvalue weighted by molar-refractivity contribution is 6.30. The van der Waals surface area contributed by atoms with Crippen LogP contribution >= 0.6 is 11.6 Å². The summed E-state index contributed by atoms with van der Waals surface area (Å²) in [4.78, 5) is 7.03. The Balaban J connectivity index is 1.53. The molecular formula is C22H24ClN3O3. The van der Waals surface area contributed by atoms with Crippen molar-refractivity contribution in [2.75, 3.05) is 14.2 Å². The predicted octanol–water partition coefficient (Wildman–Crippen LogP) is 5.13. The van der Waals surface area contributed by atoms with Gasteiger partial charge in [-0.05, 0) is 55.7 Å². The van der Waals surface area contributed by atoms with Crippen LogP contribution in [-0.2, 0) is 6.54 Å². The van der Waals surface area contributed by atoms with Gasteiger partial charge in [-0.2, -0.15) is 4.98 Å². The summed E-state index contributed by atoms with van der Waals surface area (Å²) in [6.45, 7) is 2.81. The summed E-state index contributed by atoms with van der Waals surface area (Å²) in [6, 6.07) is 14.4. The first-order valence-corrected chi connectivity index (χ1v) is 10.0. The molecule has 0 saturated heterocycles. The smallest absolute Gasteiger partial charge is 0.241 e. The second-order valence-corrected chi connectivity index (χ2v) is 7.65. The van der Waals surface area contributed by atoms with Crippen LogP contribution in [0.1, 0.15) is 37.3 Å². The van der Waals surface area contributed by atoms with Crippen molar-refractivity contribution in [3.8, 4) is 22.9 Å². The highest BCUT2D eigenvalue weighted by atomic mass is 35.5. The van der Waals surface area contributed by atoms with Crippen LogP contribution in [0.25, 0.3) is 11.4 Å². The molecule has 0 amide bonds. The molecule has 0 N–H and O–H groups in total. The molecule has 152 valence electrons. The van der Waals surface area contributed by atoms with E-state index in [-0.39, 0.29) is 6.04 Å². The molecule has 1 aliphatic carbocycles. The van der Waals surface area contributed by atoms with E-state index >= 15 is 0 Å². The standard InChI is InChI=1S/C22H24ClN3O3/c1-14(15-4-7-17(23)8-5-15)26(18-9-10-18)13-21-24-22(25-29-21)16-6-11-19(27-2)20(12-16)28-3/h4-8,11-12,14,18H,9-10,13H2,1-3H3. The van der Waals surface area contributed by atoms with Crippen LogP contribution in [-0.4, -0.2) is 35.3 Å². The minimum Gasteiger partial charge on any atom is -0.493 e. The Morgan fingerprint density at radius 2 is 1.83 bits per heavy atom. The zero-order chi connectivity index (χ0) is 20.4. The van der Waals surface area contributed by atoms with Crippen molar-refractivity contribution < 1.29 is 14.0 Å². The van der Waals surface area contributed by atoms with Gasteiger partial charge in [-0.3, -0.25) is 4.90 Å². The van der Waals surface area contributed by atoms with Crippen molar-refractivity contribution in [2.45, 2.75) is 38.4 Å². The lowest BCUT2D eigenvalue weighted by molar-refractivity contribution is 0.165. The molecule has 0 spiro atoms. The van der Waals surface area contributed by atoms with Crippen LogP contribution in [0, 0.1) is 0 Å². The summed E-state index contributed by atoms with van der Waals surface area (Å²) in [5.41, 5.74) is 2.04. The molecule has 7 heteroatoms. The molecule has 3 aromatic rings. The fraction of sp³-hybridized carbons (Fsp3) is 0.364. The molecule has 1 heterocycles. The number of hydrogen-bond donors (Lipinski definition) is 0. The van der Waals surface area contributed by atoms with Gasteiger partial charge in [0.1, 0.15) is 0 Å². The van der Waals surface area contributed by atoms with Crippen LogP contribution in [0.2, 0.25) is 5.02 Å². The minimum atomic E-state index is 0.233. The van der Waals surface area contributed by atoms with Crippen LogP contribution < -0.4 is 9.47 Å². The Bertz CT molecular complexity index is 970. The van der Waals surface area contributed by atoms with Gasteiger partial charge in [0.25, 0.3) is 0 Å². The average molecular weight is 414 g/mol. The van der Waals surface area contributed by atoms with E-state index in [1.54, 1.807) is 14.2 Å². The Morgan fingerprint density at radius 1 is 1.10 bits per heavy atom. The molecule has 0 aliphatic heterocycles. The number of hydrogen-bond acceptors (Lipinski definition) is 6. The molecule has 2 aromatic carbocycles. The van der Waals surface area contributed by atoms with Gasteiger partial charge < -0.3 is 14.0 Å². The van der Waals surface area contributed by atoms with E-state index in [4.69, 9.17) is 25.6 Å². The van der Waals surface area contributed by atoms with E-state index in [9.17, 15) is 0 Å². The predicted molar refractivity (Wildman–Crippen MR) is 111 cm³/mol. The van der Waals surface area contributed by atoms with Gasteiger partial charge in [0.15, 0.2) is 11.5 Å². The maximum absolute atomic E-state index is 6.04. The minimum absolute atomic E-state index is 0.233. The Hall–Kier alpha value is -2.57.